The van der Waals surface area contributed by atoms with Crippen LogP contribution in [0.15, 0.2) is 12.7 Å². The zero-order valence-corrected chi connectivity index (χ0v) is 11.3. The molecule has 0 rings (SSSR count). The predicted molar refractivity (Wildman–Crippen MR) is 58.2 cm³/mol. The summed E-state index contributed by atoms with van der Waals surface area (Å²) in [5, 5.41) is 0. The van der Waals surface area contributed by atoms with Gasteiger partial charge >= 0.3 is 0 Å². The summed E-state index contributed by atoms with van der Waals surface area (Å²) in [4.78, 5) is 0. The van der Waals surface area contributed by atoms with Gasteiger partial charge in [0.1, 0.15) is 10.5 Å². The van der Waals surface area contributed by atoms with Crippen molar-refractivity contribution >= 4 is 10.5 Å². The molecule has 0 saturated heterocycles. The highest BCUT2D eigenvalue weighted by Crippen LogP contribution is 2.41. The van der Waals surface area contributed by atoms with Crippen molar-refractivity contribution in [3.8, 4) is 0 Å². The van der Waals surface area contributed by atoms with E-state index in [0.29, 0.717) is 5.92 Å². The Morgan fingerprint density at radius 3 is 1.83 bits per heavy atom. The summed E-state index contributed by atoms with van der Waals surface area (Å²) < 4.78 is 5.62. The molecule has 1 unspecified atom stereocenters. The summed E-state index contributed by atoms with van der Waals surface area (Å²) in [6, 6.07) is 0. The van der Waals surface area contributed by atoms with Crippen LogP contribution in [0.1, 0.15) is 34.6 Å². The van der Waals surface area contributed by atoms with Crippen LogP contribution < -0.4 is 0 Å². The lowest BCUT2D eigenvalue weighted by Crippen LogP contribution is -2.45. The van der Waals surface area contributed by atoms with Crippen molar-refractivity contribution in [2.24, 2.45) is 11.3 Å². The first kappa shape index (κ1) is 11.9. The molecule has 0 bridgehead atoms. The molecule has 12 heavy (non-hydrogen) atoms. The molecule has 0 aliphatic carbocycles. The fourth-order valence-electron chi connectivity index (χ4n) is 1.40. The first-order chi connectivity index (χ1) is 5.31. The Hall–Kier alpha value is -0.0831. The Balaban J connectivity index is 4.86. The average molecular weight is 186 g/mol. The molecule has 0 aromatic heterocycles. The monoisotopic (exact) mass is 186 g/mol. The summed E-state index contributed by atoms with van der Waals surface area (Å²) in [6.07, 6.45) is 2.02. The quantitative estimate of drug-likeness (QED) is 0.481. The normalized spacial score (nSPS) is 17.8. The molecule has 0 amide bonds. The molecule has 0 N–H and O–H groups in total. The third kappa shape index (κ3) is 1.80. The molecule has 0 heterocycles. The maximum Gasteiger partial charge on any atom is 0.146 e. The molecule has 0 saturated carbocycles. The third-order valence-corrected chi connectivity index (χ3v) is 4.45. The van der Waals surface area contributed by atoms with E-state index >= 15 is 0 Å². The van der Waals surface area contributed by atoms with Crippen molar-refractivity contribution in [1.29, 1.82) is 0 Å². The van der Waals surface area contributed by atoms with E-state index in [1.165, 1.54) is 0 Å². The van der Waals surface area contributed by atoms with Gasteiger partial charge in [-0.05, 0) is 19.8 Å². The maximum absolute atomic E-state index is 5.62. The minimum atomic E-state index is -0.0882. The third-order valence-electron chi connectivity index (χ3n) is 3.43. The average Bonchev–Trinajstić information content (AvgIpc) is 2.02. The lowest BCUT2D eigenvalue weighted by molar-refractivity contribution is -0.0127. The van der Waals surface area contributed by atoms with E-state index in [1.54, 1.807) is 0 Å². The Morgan fingerprint density at radius 1 is 1.33 bits per heavy atom. The minimum absolute atomic E-state index is 0.0642. The number of rotatable bonds is 4. The Labute approximate surface area is 79.7 Å². The van der Waals surface area contributed by atoms with Gasteiger partial charge in [0.15, 0.2) is 0 Å². The van der Waals surface area contributed by atoms with Crippen molar-refractivity contribution < 1.29 is 4.43 Å². The van der Waals surface area contributed by atoms with Gasteiger partial charge in [-0.25, -0.2) is 0 Å². The van der Waals surface area contributed by atoms with Gasteiger partial charge in [-0.2, -0.15) is 0 Å². The summed E-state index contributed by atoms with van der Waals surface area (Å²) in [5.74, 6) is 0.555. The topological polar surface area (TPSA) is 9.23 Å². The van der Waals surface area contributed by atoms with Crippen LogP contribution in [0.25, 0.3) is 0 Å². The molecule has 0 aliphatic heterocycles. The summed E-state index contributed by atoms with van der Waals surface area (Å²) in [7, 11) is 0.781. The molecule has 1 atom stereocenters. The molecular weight excluding hydrogens is 164 g/mol. The van der Waals surface area contributed by atoms with Crippen molar-refractivity contribution in [2.45, 2.75) is 40.2 Å². The second-order valence-electron chi connectivity index (χ2n) is 4.36. The lowest BCUT2D eigenvalue weighted by Gasteiger charge is -2.44. The second-order valence-corrected chi connectivity index (χ2v) is 4.76. The Morgan fingerprint density at radius 2 is 1.75 bits per heavy atom. The highest BCUT2D eigenvalue weighted by Gasteiger charge is 2.40. The zero-order chi connectivity index (χ0) is 9.99. The Bertz CT molecular complexity index is 163. The van der Waals surface area contributed by atoms with Gasteiger partial charge < -0.3 is 4.43 Å². The first-order valence-electron chi connectivity index (χ1n) is 4.50. The van der Waals surface area contributed by atoms with E-state index in [1.807, 2.05) is 6.08 Å². The van der Waals surface area contributed by atoms with Crippen LogP contribution >= 0.6 is 0 Å². The van der Waals surface area contributed by atoms with E-state index < -0.39 is 0 Å². The van der Waals surface area contributed by atoms with Gasteiger partial charge in [-0.15, -0.1) is 6.58 Å². The van der Waals surface area contributed by atoms with Gasteiger partial charge in [0.05, 0.1) is 5.60 Å². The predicted octanol–water partition coefficient (Wildman–Crippen LogP) is 1.91. The highest BCUT2D eigenvalue weighted by atomic mass is 28.2. The van der Waals surface area contributed by atoms with E-state index in [-0.39, 0.29) is 11.0 Å². The molecule has 72 valence electrons. The molecule has 0 aromatic carbocycles. The standard InChI is InChI=1S/C10H22OSi/c1-7-10(6,8(2)3)9(4,5)11-12/h7-8H,1H2,2-6,12H3. The van der Waals surface area contributed by atoms with Crippen LogP contribution in [0.5, 0.6) is 0 Å². The molecule has 0 radical (unpaired) electrons. The fraction of sp³-hybridized carbons (Fsp3) is 0.800. The van der Waals surface area contributed by atoms with Crippen molar-refractivity contribution in [2.75, 3.05) is 0 Å². The van der Waals surface area contributed by atoms with Crippen LogP contribution in [0.4, 0.5) is 0 Å². The second kappa shape index (κ2) is 3.75. The zero-order valence-electron chi connectivity index (χ0n) is 9.27. The van der Waals surface area contributed by atoms with Crippen LogP contribution in [0.3, 0.4) is 0 Å². The van der Waals surface area contributed by atoms with Gasteiger partial charge in [-0.1, -0.05) is 26.8 Å². The van der Waals surface area contributed by atoms with Crippen LogP contribution in [0.2, 0.25) is 0 Å². The number of hydrogen-bond acceptors (Lipinski definition) is 1. The molecule has 0 aliphatic rings. The maximum atomic E-state index is 5.62. The van der Waals surface area contributed by atoms with Gasteiger partial charge in [-0.3, -0.25) is 0 Å². The van der Waals surface area contributed by atoms with Gasteiger partial charge in [0.25, 0.3) is 0 Å². The van der Waals surface area contributed by atoms with Crippen molar-refractivity contribution in [3.63, 3.8) is 0 Å². The molecule has 0 fully saturated rings. The van der Waals surface area contributed by atoms with Crippen molar-refractivity contribution in [1.82, 2.24) is 0 Å². The first-order valence-corrected chi connectivity index (χ1v) is 5.32. The van der Waals surface area contributed by atoms with Crippen LogP contribution in [-0.4, -0.2) is 16.1 Å². The molecule has 1 nitrogen and oxygen atoms in total. The van der Waals surface area contributed by atoms with Crippen molar-refractivity contribution in [3.05, 3.63) is 12.7 Å². The summed E-state index contributed by atoms with van der Waals surface area (Å²) in [6.45, 7) is 14.8. The van der Waals surface area contributed by atoms with E-state index in [9.17, 15) is 0 Å². The summed E-state index contributed by atoms with van der Waals surface area (Å²) in [5.41, 5.74) is -0.0239. The Kier molecular flexibility index (Phi) is 3.73. The van der Waals surface area contributed by atoms with Gasteiger partial charge in [0.2, 0.25) is 0 Å². The molecular formula is C10H22OSi. The molecule has 0 spiro atoms. The smallest absolute Gasteiger partial charge is 0.146 e. The lowest BCUT2D eigenvalue weighted by atomic mass is 9.68. The molecule has 2 heteroatoms. The van der Waals surface area contributed by atoms with Crippen LogP contribution in [-0.2, 0) is 4.43 Å². The number of hydrogen-bond donors (Lipinski definition) is 0. The summed E-state index contributed by atoms with van der Waals surface area (Å²) >= 11 is 0. The van der Waals surface area contributed by atoms with E-state index in [2.05, 4.69) is 41.2 Å². The van der Waals surface area contributed by atoms with Crippen LogP contribution in [0, 0.1) is 11.3 Å². The van der Waals surface area contributed by atoms with E-state index in [4.69, 9.17) is 4.43 Å². The molecule has 0 aromatic rings. The van der Waals surface area contributed by atoms with E-state index in [0.717, 1.165) is 10.5 Å². The fourth-order valence-corrected chi connectivity index (χ4v) is 1.84. The largest absolute Gasteiger partial charge is 0.422 e. The minimum Gasteiger partial charge on any atom is -0.422 e. The SMILES string of the molecule is C=CC(C)(C(C)C)C(C)(C)O[SiH3]. The van der Waals surface area contributed by atoms with Gasteiger partial charge in [0, 0.05) is 5.41 Å². The highest BCUT2D eigenvalue weighted by molar-refractivity contribution is 5.98.